The summed E-state index contributed by atoms with van der Waals surface area (Å²) in [6.45, 7) is 2.25. The van der Waals surface area contributed by atoms with Crippen molar-refractivity contribution in [1.82, 2.24) is 5.43 Å². The van der Waals surface area contributed by atoms with Crippen LogP contribution < -0.4 is 14.9 Å². The van der Waals surface area contributed by atoms with Crippen molar-refractivity contribution in [3.05, 3.63) is 94.5 Å². The molecule has 3 aromatic carbocycles. The van der Waals surface area contributed by atoms with E-state index in [1.54, 1.807) is 6.21 Å². The number of para-hydroxylation sites is 1. The fourth-order valence-electron chi connectivity index (χ4n) is 2.50. The molecular formula is C23H21ClN2O3. The number of hydrazone groups is 1. The lowest BCUT2D eigenvalue weighted by Crippen LogP contribution is -2.24. The Balaban J connectivity index is 1.47. The number of halogens is 1. The van der Waals surface area contributed by atoms with E-state index >= 15 is 0 Å². The number of nitrogens with zero attached hydrogens (tertiary/aromatic N) is 1. The van der Waals surface area contributed by atoms with Crippen molar-refractivity contribution in [3.63, 3.8) is 0 Å². The number of carbonyl (C=O) groups excluding carboxylic acids is 1. The predicted octanol–water partition coefficient (Wildman–Crippen LogP) is 4.76. The zero-order valence-corrected chi connectivity index (χ0v) is 16.7. The quantitative estimate of drug-likeness (QED) is 0.432. The van der Waals surface area contributed by atoms with Crippen LogP contribution in [0.15, 0.2) is 77.9 Å². The molecule has 0 unspecified atom stereocenters. The van der Waals surface area contributed by atoms with E-state index in [9.17, 15) is 4.79 Å². The number of hydrogen-bond donors (Lipinski definition) is 1. The van der Waals surface area contributed by atoms with Gasteiger partial charge in [-0.15, -0.1) is 0 Å². The highest BCUT2D eigenvalue weighted by Gasteiger charge is 2.03. The Morgan fingerprint density at radius 2 is 1.83 bits per heavy atom. The Morgan fingerprint density at radius 1 is 1.03 bits per heavy atom. The summed E-state index contributed by atoms with van der Waals surface area (Å²) in [6.07, 6.45) is 1.56. The smallest absolute Gasteiger partial charge is 0.277 e. The van der Waals surface area contributed by atoms with Crippen molar-refractivity contribution in [1.29, 1.82) is 0 Å². The third-order valence-corrected chi connectivity index (χ3v) is 4.28. The lowest BCUT2D eigenvalue weighted by molar-refractivity contribution is -0.123. The van der Waals surface area contributed by atoms with Gasteiger partial charge in [0.25, 0.3) is 5.91 Å². The van der Waals surface area contributed by atoms with E-state index in [1.165, 1.54) is 0 Å². The van der Waals surface area contributed by atoms with Crippen LogP contribution in [-0.2, 0) is 11.4 Å². The number of carbonyl (C=O) groups is 1. The molecule has 0 radical (unpaired) electrons. The Bertz CT molecular complexity index is 987. The third-order valence-electron chi connectivity index (χ3n) is 4.03. The van der Waals surface area contributed by atoms with Gasteiger partial charge < -0.3 is 9.47 Å². The zero-order valence-electron chi connectivity index (χ0n) is 16.0. The van der Waals surface area contributed by atoms with Gasteiger partial charge in [0.1, 0.15) is 18.1 Å². The van der Waals surface area contributed by atoms with Gasteiger partial charge in [0.05, 0.1) is 6.21 Å². The van der Waals surface area contributed by atoms with Crippen molar-refractivity contribution >= 4 is 23.7 Å². The average molecular weight is 409 g/mol. The molecule has 29 heavy (non-hydrogen) atoms. The van der Waals surface area contributed by atoms with Gasteiger partial charge in [-0.25, -0.2) is 5.43 Å². The minimum absolute atomic E-state index is 0.105. The molecule has 1 N–H and O–H groups in total. The first-order chi connectivity index (χ1) is 14.1. The summed E-state index contributed by atoms with van der Waals surface area (Å²) in [5.41, 5.74) is 5.25. The Morgan fingerprint density at radius 3 is 2.62 bits per heavy atom. The standard InChI is InChI=1S/C23H21ClN2O3/c1-17-5-2-3-8-22(17)29-16-23(27)26-25-14-19-6-4-7-21(13-19)28-15-18-9-11-20(24)12-10-18/h2-14H,15-16H2,1H3,(H,26,27)/b25-14+. The number of nitrogens with one attached hydrogen (secondary N) is 1. The normalized spacial score (nSPS) is 10.7. The van der Waals surface area contributed by atoms with E-state index in [1.807, 2.05) is 79.7 Å². The van der Waals surface area contributed by atoms with Crippen LogP contribution in [0.4, 0.5) is 0 Å². The highest BCUT2D eigenvalue weighted by atomic mass is 35.5. The number of ether oxygens (including phenoxy) is 2. The second-order valence-corrected chi connectivity index (χ2v) is 6.77. The fourth-order valence-corrected chi connectivity index (χ4v) is 2.63. The van der Waals surface area contributed by atoms with E-state index in [2.05, 4.69) is 10.5 Å². The van der Waals surface area contributed by atoms with Crippen molar-refractivity contribution in [2.75, 3.05) is 6.61 Å². The molecule has 3 aromatic rings. The van der Waals surface area contributed by atoms with Crippen LogP contribution >= 0.6 is 11.6 Å². The van der Waals surface area contributed by atoms with Crippen LogP contribution in [-0.4, -0.2) is 18.7 Å². The molecule has 0 spiro atoms. The molecule has 1 amide bonds. The van der Waals surface area contributed by atoms with Gasteiger partial charge >= 0.3 is 0 Å². The summed E-state index contributed by atoms with van der Waals surface area (Å²) in [4.78, 5) is 11.9. The molecule has 0 saturated carbocycles. The molecule has 0 aliphatic heterocycles. The minimum Gasteiger partial charge on any atom is -0.489 e. The summed E-state index contributed by atoms with van der Waals surface area (Å²) >= 11 is 5.89. The van der Waals surface area contributed by atoms with Gasteiger partial charge in [-0.3, -0.25) is 4.79 Å². The lowest BCUT2D eigenvalue weighted by atomic mass is 10.2. The highest BCUT2D eigenvalue weighted by molar-refractivity contribution is 6.30. The SMILES string of the molecule is Cc1ccccc1OCC(=O)N/N=C/c1cccc(OCc2ccc(Cl)cc2)c1. The Kier molecular flexibility index (Phi) is 7.25. The summed E-state index contributed by atoms with van der Waals surface area (Å²) in [6, 6.07) is 22.5. The summed E-state index contributed by atoms with van der Waals surface area (Å²) in [5.74, 6) is 1.05. The van der Waals surface area contributed by atoms with Crippen molar-refractivity contribution in [2.45, 2.75) is 13.5 Å². The first-order valence-corrected chi connectivity index (χ1v) is 9.45. The number of aryl methyl sites for hydroxylation is 1. The highest BCUT2D eigenvalue weighted by Crippen LogP contribution is 2.16. The second-order valence-electron chi connectivity index (χ2n) is 6.33. The van der Waals surface area contributed by atoms with E-state index in [4.69, 9.17) is 21.1 Å². The molecule has 0 bridgehead atoms. The van der Waals surface area contributed by atoms with Gasteiger partial charge in [0.15, 0.2) is 6.61 Å². The van der Waals surface area contributed by atoms with Gasteiger partial charge in [-0.05, 0) is 53.9 Å². The van der Waals surface area contributed by atoms with E-state index in [0.29, 0.717) is 23.1 Å². The molecule has 5 nitrogen and oxygen atoms in total. The number of benzene rings is 3. The van der Waals surface area contributed by atoms with Crippen molar-refractivity contribution in [2.24, 2.45) is 5.10 Å². The first kappa shape index (κ1) is 20.4. The van der Waals surface area contributed by atoms with Crippen LogP contribution in [0.3, 0.4) is 0 Å². The molecule has 148 valence electrons. The maximum absolute atomic E-state index is 11.9. The van der Waals surface area contributed by atoms with E-state index in [0.717, 1.165) is 16.7 Å². The largest absolute Gasteiger partial charge is 0.489 e. The van der Waals surface area contributed by atoms with Crippen LogP contribution in [0.5, 0.6) is 11.5 Å². The number of hydrogen-bond acceptors (Lipinski definition) is 4. The van der Waals surface area contributed by atoms with Crippen LogP contribution in [0, 0.1) is 6.92 Å². The van der Waals surface area contributed by atoms with E-state index in [-0.39, 0.29) is 12.5 Å². The van der Waals surface area contributed by atoms with Gasteiger partial charge in [-0.2, -0.15) is 5.10 Å². The third kappa shape index (κ3) is 6.66. The molecule has 0 aliphatic carbocycles. The predicted molar refractivity (Wildman–Crippen MR) is 115 cm³/mol. The molecule has 0 aromatic heterocycles. The van der Waals surface area contributed by atoms with Crippen molar-refractivity contribution in [3.8, 4) is 11.5 Å². The first-order valence-electron chi connectivity index (χ1n) is 9.08. The fraction of sp³-hybridized carbons (Fsp3) is 0.130. The van der Waals surface area contributed by atoms with Crippen LogP contribution in [0.2, 0.25) is 5.02 Å². The van der Waals surface area contributed by atoms with Crippen molar-refractivity contribution < 1.29 is 14.3 Å². The lowest BCUT2D eigenvalue weighted by Gasteiger charge is -2.08. The summed E-state index contributed by atoms with van der Waals surface area (Å²) in [7, 11) is 0. The van der Waals surface area contributed by atoms with E-state index < -0.39 is 0 Å². The molecule has 0 saturated heterocycles. The molecule has 0 heterocycles. The molecule has 0 fully saturated rings. The maximum atomic E-state index is 11.9. The average Bonchev–Trinajstić information content (AvgIpc) is 2.73. The zero-order chi connectivity index (χ0) is 20.5. The topological polar surface area (TPSA) is 59.9 Å². The molecule has 0 aliphatic rings. The summed E-state index contributed by atoms with van der Waals surface area (Å²) in [5, 5.41) is 4.66. The van der Waals surface area contributed by atoms with Crippen LogP contribution in [0.1, 0.15) is 16.7 Å². The molecular weight excluding hydrogens is 388 g/mol. The summed E-state index contributed by atoms with van der Waals surface area (Å²) < 4.78 is 11.3. The van der Waals surface area contributed by atoms with Gasteiger partial charge in [0, 0.05) is 5.02 Å². The number of rotatable bonds is 8. The molecule has 0 atom stereocenters. The maximum Gasteiger partial charge on any atom is 0.277 e. The molecule has 6 heteroatoms. The van der Waals surface area contributed by atoms with Crippen LogP contribution in [0.25, 0.3) is 0 Å². The second kappa shape index (κ2) is 10.3. The Hall–Kier alpha value is -3.31. The minimum atomic E-state index is -0.334. The van der Waals surface area contributed by atoms with Gasteiger partial charge in [0.2, 0.25) is 0 Å². The van der Waals surface area contributed by atoms with Gasteiger partial charge in [-0.1, -0.05) is 54.1 Å². The molecule has 3 rings (SSSR count). The Labute approximate surface area is 174 Å². The number of amides is 1. The monoisotopic (exact) mass is 408 g/mol.